The molecule has 130 valence electrons. The van der Waals surface area contributed by atoms with Gasteiger partial charge in [-0.15, -0.1) is 0 Å². The van der Waals surface area contributed by atoms with Crippen LogP contribution >= 0.6 is 0 Å². The van der Waals surface area contributed by atoms with Crippen molar-refractivity contribution in [3.05, 3.63) is 23.8 Å². The van der Waals surface area contributed by atoms with Crippen LogP contribution in [-0.4, -0.2) is 34.6 Å². The average molecular weight is 337 g/mol. The molecule has 1 aromatic carbocycles. The zero-order valence-electron chi connectivity index (χ0n) is 15.5. The summed E-state index contributed by atoms with van der Waals surface area (Å²) >= 11 is 0. The third-order valence-corrected chi connectivity index (χ3v) is 9.55. The first kappa shape index (κ1) is 18.3. The molecule has 1 fully saturated rings. The van der Waals surface area contributed by atoms with E-state index >= 15 is 0 Å². The van der Waals surface area contributed by atoms with Crippen molar-refractivity contribution in [2.75, 3.05) is 30.8 Å². The summed E-state index contributed by atoms with van der Waals surface area (Å²) < 4.78 is 11.8. The molecule has 0 amide bonds. The van der Waals surface area contributed by atoms with E-state index in [-0.39, 0.29) is 5.04 Å². The van der Waals surface area contributed by atoms with E-state index in [9.17, 15) is 0 Å². The van der Waals surface area contributed by atoms with Crippen LogP contribution < -0.4 is 10.6 Å². The molecule has 0 spiro atoms. The zero-order valence-corrected chi connectivity index (χ0v) is 16.5. The third kappa shape index (κ3) is 4.72. The largest absolute Gasteiger partial charge is 0.413 e. The molecule has 0 aliphatic carbocycles. The summed E-state index contributed by atoms with van der Waals surface area (Å²) in [5, 5.41) is 6.98. The van der Waals surface area contributed by atoms with Gasteiger partial charge in [0.1, 0.15) is 0 Å². The van der Waals surface area contributed by atoms with Gasteiger partial charge in [-0.2, -0.15) is 0 Å². The summed E-state index contributed by atoms with van der Waals surface area (Å²) in [5.74, 6) is 0. The molecule has 1 aromatic rings. The molecule has 0 saturated carbocycles. The van der Waals surface area contributed by atoms with Gasteiger partial charge in [0, 0.05) is 20.2 Å². The van der Waals surface area contributed by atoms with Gasteiger partial charge in [0.05, 0.1) is 24.1 Å². The molecule has 0 aromatic heterocycles. The van der Waals surface area contributed by atoms with Gasteiger partial charge in [-0.05, 0) is 42.2 Å². The zero-order chi connectivity index (χ0) is 17.1. The lowest BCUT2D eigenvalue weighted by Gasteiger charge is -2.36. The molecular weight excluding hydrogens is 304 g/mol. The Morgan fingerprint density at radius 2 is 1.96 bits per heavy atom. The van der Waals surface area contributed by atoms with Gasteiger partial charge in [0.25, 0.3) is 0 Å². The van der Waals surface area contributed by atoms with Gasteiger partial charge >= 0.3 is 0 Å². The Labute approximate surface area is 142 Å². The van der Waals surface area contributed by atoms with Crippen LogP contribution in [0.1, 0.15) is 32.8 Å². The number of benzene rings is 1. The predicted molar refractivity (Wildman–Crippen MR) is 101 cm³/mol. The fourth-order valence-corrected chi connectivity index (χ4v) is 3.16. The van der Waals surface area contributed by atoms with E-state index in [4.69, 9.17) is 9.16 Å². The normalized spacial score (nSPS) is 18.4. The van der Waals surface area contributed by atoms with Crippen LogP contribution in [0.5, 0.6) is 0 Å². The topological polar surface area (TPSA) is 42.5 Å². The Bertz CT molecular complexity index is 522. The Hall–Kier alpha value is -1.04. The standard InChI is InChI=1S/C18H32N2O2Si/c1-18(2,3)23(5,6)22-13-14-7-8-16(19-4)17(11-14)20-12-15-9-10-21-15/h7-8,11,15,19-20H,9-10,12-13H2,1-6H3/t15-/m0/s1. The number of anilines is 2. The summed E-state index contributed by atoms with van der Waals surface area (Å²) in [6.45, 7) is 13.8. The van der Waals surface area contributed by atoms with Crippen LogP contribution in [0.4, 0.5) is 11.4 Å². The first-order valence-corrected chi connectivity index (χ1v) is 11.4. The molecule has 1 aliphatic rings. The van der Waals surface area contributed by atoms with Crippen molar-refractivity contribution < 1.29 is 9.16 Å². The van der Waals surface area contributed by atoms with Crippen molar-refractivity contribution in [1.82, 2.24) is 0 Å². The van der Waals surface area contributed by atoms with E-state index in [0.717, 1.165) is 30.9 Å². The van der Waals surface area contributed by atoms with Crippen LogP contribution in [0.25, 0.3) is 0 Å². The summed E-state index contributed by atoms with van der Waals surface area (Å²) in [6.07, 6.45) is 1.50. The van der Waals surface area contributed by atoms with Crippen LogP contribution in [0.3, 0.4) is 0 Å². The maximum Gasteiger partial charge on any atom is 0.192 e. The summed E-state index contributed by atoms with van der Waals surface area (Å²) in [4.78, 5) is 0. The van der Waals surface area contributed by atoms with Crippen LogP contribution in [-0.2, 0) is 15.8 Å². The highest BCUT2D eigenvalue weighted by molar-refractivity contribution is 6.74. The second kappa shape index (κ2) is 7.24. The highest BCUT2D eigenvalue weighted by Gasteiger charge is 2.37. The van der Waals surface area contributed by atoms with Crippen molar-refractivity contribution in [1.29, 1.82) is 0 Å². The van der Waals surface area contributed by atoms with E-state index in [1.165, 1.54) is 5.56 Å². The van der Waals surface area contributed by atoms with Crippen LogP contribution in [0.2, 0.25) is 18.1 Å². The summed E-state index contributed by atoms with van der Waals surface area (Å²) in [7, 11) is 0.235. The van der Waals surface area contributed by atoms with E-state index in [1.807, 2.05) is 7.05 Å². The number of hydrogen-bond donors (Lipinski definition) is 2. The average Bonchev–Trinajstić information content (AvgIpc) is 2.42. The van der Waals surface area contributed by atoms with Crippen molar-refractivity contribution >= 4 is 19.7 Å². The molecule has 1 heterocycles. The number of hydrogen-bond acceptors (Lipinski definition) is 4. The molecule has 4 nitrogen and oxygen atoms in total. The van der Waals surface area contributed by atoms with E-state index in [2.05, 4.69) is 62.7 Å². The minimum absolute atomic E-state index is 0.237. The van der Waals surface area contributed by atoms with E-state index in [0.29, 0.717) is 12.7 Å². The molecular formula is C18H32N2O2Si. The molecule has 23 heavy (non-hydrogen) atoms. The second-order valence-corrected chi connectivity index (χ2v) is 12.7. The minimum atomic E-state index is -1.72. The molecule has 1 atom stereocenters. The molecule has 1 aliphatic heterocycles. The Morgan fingerprint density at radius 1 is 1.26 bits per heavy atom. The van der Waals surface area contributed by atoms with Gasteiger partial charge in [-0.25, -0.2) is 0 Å². The quantitative estimate of drug-likeness (QED) is 0.722. The number of ether oxygens (including phenoxy) is 1. The fourth-order valence-electron chi connectivity index (χ4n) is 2.20. The Morgan fingerprint density at radius 3 is 2.48 bits per heavy atom. The lowest BCUT2D eigenvalue weighted by Crippen LogP contribution is -2.40. The second-order valence-electron chi connectivity index (χ2n) is 7.84. The molecule has 0 radical (unpaired) electrons. The van der Waals surface area contributed by atoms with Gasteiger partial charge in [0.2, 0.25) is 0 Å². The van der Waals surface area contributed by atoms with Gasteiger partial charge in [-0.3, -0.25) is 0 Å². The maximum absolute atomic E-state index is 6.33. The Balaban J connectivity index is 2.01. The van der Waals surface area contributed by atoms with Crippen molar-refractivity contribution in [3.8, 4) is 0 Å². The third-order valence-electron chi connectivity index (χ3n) is 5.07. The minimum Gasteiger partial charge on any atom is -0.413 e. The highest BCUT2D eigenvalue weighted by atomic mass is 28.4. The fraction of sp³-hybridized carbons (Fsp3) is 0.667. The van der Waals surface area contributed by atoms with Crippen LogP contribution in [0.15, 0.2) is 18.2 Å². The monoisotopic (exact) mass is 336 g/mol. The SMILES string of the molecule is CNc1ccc(CO[Si](C)(C)C(C)(C)C)cc1NC[C@@H]1CCO1. The molecule has 5 heteroatoms. The van der Waals surface area contributed by atoms with Gasteiger partial charge in [-0.1, -0.05) is 26.8 Å². The maximum atomic E-state index is 6.33. The predicted octanol–water partition coefficient (Wildman–Crippen LogP) is 4.45. The van der Waals surface area contributed by atoms with E-state index in [1.54, 1.807) is 0 Å². The van der Waals surface area contributed by atoms with Gasteiger partial charge < -0.3 is 19.8 Å². The smallest absolute Gasteiger partial charge is 0.192 e. The van der Waals surface area contributed by atoms with E-state index < -0.39 is 8.32 Å². The molecule has 0 unspecified atom stereocenters. The lowest BCUT2D eigenvalue weighted by molar-refractivity contribution is -0.0410. The van der Waals surface area contributed by atoms with Crippen molar-refractivity contribution in [2.45, 2.75) is 58.0 Å². The van der Waals surface area contributed by atoms with Crippen molar-refractivity contribution in [3.63, 3.8) is 0 Å². The molecule has 2 rings (SSSR count). The number of rotatable bonds is 7. The summed E-state index contributed by atoms with van der Waals surface area (Å²) in [6, 6.07) is 6.45. The number of nitrogens with one attached hydrogen (secondary N) is 2. The molecule has 2 N–H and O–H groups in total. The van der Waals surface area contributed by atoms with Gasteiger partial charge in [0.15, 0.2) is 8.32 Å². The first-order valence-electron chi connectivity index (χ1n) is 8.53. The van der Waals surface area contributed by atoms with Crippen molar-refractivity contribution in [2.24, 2.45) is 0 Å². The molecule has 0 bridgehead atoms. The highest BCUT2D eigenvalue weighted by Crippen LogP contribution is 2.37. The first-order chi connectivity index (χ1) is 10.7. The summed E-state index contributed by atoms with van der Waals surface area (Å²) in [5.41, 5.74) is 3.45. The lowest BCUT2D eigenvalue weighted by atomic mass is 10.1. The molecule has 1 saturated heterocycles. The Kier molecular flexibility index (Phi) is 5.76. The van der Waals surface area contributed by atoms with Crippen LogP contribution in [0, 0.1) is 0 Å².